The SMILES string of the molecule is N/C(=N/O)c1cccc(CNc2cc(Br)ccc2Br)c1F. The fraction of sp³-hybridized carbons (Fsp3) is 0.0714. The molecular formula is C14H12Br2FN3O. The molecule has 7 heteroatoms. The Hall–Kier alpha value is -1.60. The second-order valence-corrected chi connectivity index (χ2v) is 6.01. The summed E-state index contributed by atoms with van der Waals surface area (Å²) in [5.74, 6) is -0.760. The van der Waals surface area contributed by atoms with Crippen LogP contribution in [-0.2, 0) is 6.54 Å². The number of oxime groups is 1. The Morgan fingerprint density at radius 3 is 2.76 bits per heavy atom. The van der Waals surface area contributed by atoms with E-state index in [2.05, 4.69) is 42.3 Å². The molecule has 0 aliphatic carbocycles. The molecule has 0 aliphatic heterocycles. The highest BCUT2D eigenvalue weighted by molar-refractivity contribution is 9.11. The summed E-state index contributed by atoms with van der Waals surface area (Å²) in [5, 5.41) is 14.6. The molecule has 0 radical (unpaired) electrons. The summed E-state index contributed by atoms with van der Waals surface area (Å²) in [6.07, 6.45) is 0. The van der Waals surface area contributed by atoms with Crippen LogP contribution in [0.15, 0.2) is 50.5 Å². The average Bonchev–Trinajstić information content (AvgIpc) is 2.48. The molecule has 0 amide bonds. The Morgan fingerprint density at radius 1 is 1.29 bits per heavy atom. The zero-order chi connectivity index (χ0) is 15.4. The maximum Gasteiger partial charge on any atom is 0.173 e. The zero-order valence-electron chi connectivity index (χ0n) is 10.8. The van der Waals surface area contributed by atoms with Crippen molar-refractivity contribution in [1.29, 1.82) is 0 Å². The van der Waals surface area contributed by atoms with Gasteiger partial charge in [-0.3, -0.25) is 0 Å². The summed E-state index contributed by atoms with van der Waals surface area (Å²) in [7, 11) is 0. The van der Waals surface area contributed by atoms with Crippen molar-refractivity contribution in [3.63, 3.8) is 0 Å². The van der Waals surface area contributed by atoms with Crippen LogP contribution in [0, 0.1) is 5.82 Å². The number of rotatable bonds is 4. The highest BCUT2D eigenvalue weighted by Gasteiger charge is 2.11. The summed E-state index contributed by atoms with van der Waals surface area (Å²) >= 11 is 6.80. The maximum atomic E-state index is 14.3. The van der Waals surface area contributed by atoms with Gasteiger partial charge in [0.2, 0.25) is 0 Å². The van der Waals surface area contributed by atoms with Gasteiger partial charge in [-0.25, -0.2) is 4.39 Å². The lowest BCUT2D eigenvalue weighted by molar-refractivity contribution is 0.318. The predicted octanol–water partition coefficient (Wildman–Crippen LogP) is 4.06. The van der Waals surface area contributed by atoms with E-state index < -0.39 is 5.82 Å². The molecule has 0 fully saturated rings. The molecule has 0 heterocycles. The van der Waals surface area contributed by atoms with E-state index in [1.165, 1.54) is 6.07 Å². The number of hydrogen-bond acceptors (Lipinski definition) is 3. The summed E-state index contributed by atoms with van der Waals surface area (Å²) in [6.45, 7) is 0.271. The minimum atomic E-state index is -0.508. The van der Waals surface area contributed by atoms with Crippen LogP contribution < -0.4 is 11.1 Å². The van der Waals surface area contributed by atoms with Gasteiger partial charge in [-0.1, -0.05) is 33.2 Å². The molecule has 2 aromatic carbocycles. The number of nitrogens with one attached hydrogen (secondary N) is 1. The van der Waals surface area contributed by atoms with Gasteiger partial charge in [0.05, 0.1) is 5.56 Å². The third kappa shape index (κ3) is 3.74. The number of nitrogens with two attached hydrogens (primary N) is 1. The molecule has 0 aromatic heterocycles. The number of benzene rings is 2. The normalized spacial score (nSPS) is 11.5. The monoisotopic (exact) mass is 415 g/mol. The van der Waals surface area contributed by atoms with Gasteiger partial charge in [0.15, 0.2) is 5.84 Å². The lowest BCUT2D eigenvalue weighted by Gasteiger charge is -2.11. The van der Waals surface area contributed by atoms with Crippen molar-refractivity contribution >= 4 is 43.4 Å². The fourth-order valence-corrected chi connectivity index (χ4v) is 2.54. The van der Waals surface area contributed by atoms with E-state index in [9.17, 15) is 4.39 Å². The number of nitrogens with zero attached hydrogens (tertiary/aromatic N) is 1. The predicted molar refractivity (Wildman–Crippen MR) is 88.1 cm³/mol. The third-order valence-electron chi connectivity index (χ3n) is 2.86. The molecule has 4 nitrogen and oxygen atoms in total. The van der Waals surface area contributed by atoms with Gasteiger partial charge < -0.3 is 16.3 Å². The van der Waals surface area contributed by atoms with Crippen molar-refractivity contribution in [2.45, 2.75) is 6.54 Å². The standard InChI is InChI=1S/C14H12Br2FN3O/c15-9-4-5-11(16)12(6-9)19-7-8-2-1-3-10(13(8)17)14(18)20-21/h1-6,19,21H,7H2,(H2,18,20). The summed E-state index contributed by atoms with van der Waals surface area (Å²) in [5.41, 5.74) is 6.77. The van der Waals surface area contributed by atoms with E-state index in [0.29, 0.717) is 5.56 Å². The maximum absolute atomic E-state index is 14.3. The van der Waals surface area contributed by atoms with E-state index in [4.69, 9.17) is 10.9 Å². The number of amidine groups is 1. The van der Waals surface area contributed by atoms with Crippen molar-refractivity contribution < 1.29 is 9.60 Å². The summed E-state index contributed by atoms with van der Waals surface area (Å²) < 4.78 is 16.0. The van der Waals surface area contributed by atoms with Gasteiger partial charge >= 0.3 is 0 Å². The van der Waals surface area contributed by atoms with Crippen LogP contribution in [0.5, 0.6) is 0 Å². The van der Waals surface area contributed by atoms with Crippen LogP contribution in [0.25, 0.3) is 0 Å². The van der Waals surface area contributed by atoms with Gasteiger partial charge in [-0.2, -0.15) is 0 Å². The van der Waals surface area contributed by atoms with Crippen molar-refractivity contribution in [3.8, 4) is 0 Å². The lowest BCUT2D eigenvalue weighted by atomic mass is 10.1. The van der Waals surface area contributed by atoms with E-state index in [1.807, 2.05) is 18.2 Å². The smallest absolute Gasteiger partial charge is 0.173 e. The molecule has 0 bridgehead atoms. The number of halogens is 3. The quantitative estimate of drug-likeness (QED) is 0.304. The Balaban J connectivity index is 2.23. The lowest BCUT2D eigenvalue weighted by Crippen LogP contribution is -2.16. The van der Waals surface area contributed by atoms with Gasteiger partial charge in [-0.15, -0.1) is 0 Å². The van der Waals surface area contributed by atoms with Crippen molar-refractivity contribution in [2.24, 2.45) is 10.9 Å². The first kappa shape index (κ1) is 15.8. The van der Waals surface area contributed by atoms with Crippen LogP contribution in [0.2, 0.25) is 0 Å². The van der Waals surface area contributed by atoms with Crippen LogP contribution in [-0.4, -0.2) is 11.0 Å². The molecule has 0 aliphatic rings. The van der Waals surface area contributed by atoms with E-state index in [0.717, 1.165) is 14.6 Å². The molecule has 0 spiro atoms. The topological polar surface area (TPSA) is 70.6 Å². The molecule has 2 rings (SSSR count). The average molecular weight is 417 g/mol. The summed E-state index contributed by atoms with van der Waals surface area (Å²) in [6, 6.07) is 10.4. The minimum absolute atomic E-state index is 0.0742. The van der Waals surface area contributed by atoms with E-state index in [-0.39, 0.29) is 17.9 Å². The minimum Gasteiger partial charge on any atom is -0.409 e. The Labute approximate surface area is 138 Å². The molecule has 21 heavy (non-hydrogen) atoms. The van der Waals surface area contributed by atoms with Crippen LogP contribution in [0.4, 0.5) is 10.1 Å². The Morgan fingerprint density at radius 2 is 2.05 bits per heavy atom. The molecule has 0 atom stereocenters. The van der Waals surface area contributed by atoms with Crippen molar-refractivity contribution in [1.82, 2.24) is 0 Å². The molecule has 2 aromatic rings. The molecule has 110 valence electrons. The van der Waals surface area contributed by atoms with Gasteiger partial charge in [-0.05, 0) is 40.2 Å². The van der Waals surface area contributed by atoms with Gasteiger partial charge in [0.25, 0.3) is 0 Å². The first-order chi connectivity index (χ1) is 10.0. The number of hydrogen-bond donors (Lipinski definition) is 3. The van der Waals surface area contributed by atoms with Crippen LogP contribution in [0.3, 0.4) is 0 Å². The van der Waals surface area contributed by atoms with E-state index >= 15 is 0 Å². The second kappa shape index (κ2) is 6.91. The van der Waals surface area contributed by atoms with Crippen LogP contribution in [0.1, 0.15) is 11.1 Å². The Bertz CT molecular complexity index is 692. The number of anilines is 1. The third-order valence-corrected chi connectivity index (χ3v) is 4.04. The van der Waals surface area contributed by atoms with Crippen molar-refractivity contribution in [2.75, 3.05) is 5.32 Å². The van der Waals surface area contributed by atoms with Gasteiger partial charge in [0, 0.05) is 26.7 Å². The highest BCUT2D eigenvalue weighted by Crippen LogP contribution is 2.27. The van der Waals surface area contributed by atoms with Crippen molar-refractivity contribution in [3.05, 3.63) is 62.3 Å². The van der Waals surface area contributed by atoms with Crippen LogP contribution >= 0.6 is 31.9 Å². The van der Waals surface area contributed by atoms with Gasteiger partial charge in [0.1, 0.15) is 5.82 Å². The molecular weight excluding hydrogens is 405 g/mol. The highest BCUT2D eigenvalue weighted by atomic mass is 79.9. The Kier molecular flexibility index (Phi) is 5.19. The summed E-state index contributed by atoms with van der Waals surface area (Å²) in [4.78, 5) is 0. The first-order valence-corrected chi connectivity index (χ1v) is 7.55. The van der Waals surface area contributed by atoms with E-state index in [1.54, 1.807) is 12.1 Å². The molecule has 0 saturated heterocycles. The zero-order valence-corrected chi connectivity index (χ0v) is 13.9. The molecule has 4 N–H and O–H groups in total. The largest absolute Gasteiger partial charge is 0.409 e. The second-order valence-electron chi connectivity index (χ2n) is 4.24. The first-order valence-electron chi connectivity index (χ1n) is 5.97. The molecule has 0 unspecified atom stereocenters. The fourth-order valence-electron chi connectivity index (χ4n) is 1.79. The molecule has 0 saturated carbocycles.